The van der Waals surface area contributed by atoms with E-state index in [1.807, 2.05) is 34.9 Å². The summed E-state index contributed by atoms with van der Waals surface area (Å²) in [5.74, 6) is 1.39. The summed E-state index contributed by atoms with van der Waals surface area (Å²) in [7, 11) is -3.32. The summed E-state index contributed by atoms with van der Waals surface area (Å²) in [5.41, 5.74) is 9.08. The first-order valence-corrected chi connectivity index (χ1v) is 11.4. The van der Waals surface area contributed by atoms with E-state index in [0.717, 1.165) is 29.0 Å². The Balaban J connectivity index is 1.49. The molecule has 0 aliphatic heterocycles. The maximum atomic E-state index is 11.4. The molecule has 0 unspecified atom stereocenters. The van der Waals surface area contributed by atoms with E-state index < -0.39 is 10.0 Å². The number of fused-ring (bicyclic) bond motifs is 1. The lowest BCUT2D eigenvalue weighted by atomic mass is 10.1. The Morgan fingerprint density at radius 1 is 1.03 bits per heavy atom. The maximum absolute atomic E-state index is 11.4. The number of anilines is 4. The number of nitrogens with zero attached hydrogens (tertiary/aromatic N) is 4. The summed E-state index contributed by atoms with van der Waals surface area (Å²) in [6.45, 7) is 1.23. The van der Waals surface area contributed by atoms with Crippen molar-refractivity contribution in [2.75, 3.05) is 40.4 Å². The van der Waals surface area contributed by atoms with Crippen LogP contribution >= 0.6 is 0 Å². The first-order valence-electron chi connectivity index (χ1n) is 9.49. The topological polar surface area (TPSA) is 139 Å². The van der Waals surface area contributed by atoms with Gasteiger partial charge < -0.3 is 16.4 Å². The largest absolute Gasteiger partial charge is 0.397 e. The molecule has 4 rings (SSSR count). The second-order valence-corrected chi connectivity index (χ2v) is 8.65. The zero-order chi connectivity index (χ0) is 21.8. The highest BCUT2D eigenvalue weighted by Crippen LogP contribution is 2.23. The monoisotopic (exact) mass is 438 g/mol. The minimum Gasteiger partial charge on any atom is -0.397 e. The average molecular weight is 439 g/mol. The number of benzene rings is 1. The van der Waals surface area contributed by atoms with Gasteiger partial charge in [0.15, 0.2) is 0 Å². The van der Waals surface area contributed by atoms with E-state index in [9.17, 15) is 8.42 Å². The lowest BCUT2D eigenvalue weighted by Gasteiger charge is -2.12. The molecule has 3 heterocycles. The number of aromatic nitrogens is 4. The van der Waals surface area contributed by atoms with Gasteiger partial charge in [0.1, 0.15) is 11.5 Å². The van der Waals surface area contributed by atoms with Gasteiger partial charge in [-0.3, -0.25) is 9.12 Å². The number of hydrogen-bond donors (Lipinski definition) is 4. The van der Waals surface area contributed by atoms with Crippen LogP contribution in [0, 0.1) is 0 Å². The SMILES string of the molecule is CS(=O)(=O)Nc1ccc(-c2cc3nccn3c(NCCNc3ccc(N)cn3)n2)cc1. The molecule has 11 heteroatoms. The number of imidazole rings is 1. The molecule has 0 spiro atoms. The molecule has 10 nitrogen and oxygen atoms in total. The van der Waals surface area contributed by atoms with E-state index in [4.69, 9.17) is 10.7 Å². The first-order chi connectivity index (χ1) is 14.9. The fourth-order valence-electron chi connectivity index (χ4n) is 2.99. The van der Waals surface area contributed by atoms with Gasteiger partial charge in [-0.15, -0.1) is 0 Å². The molecule has 0 aliphatic rings. The summed E-state index contributed by atoms with van der Waals surface area (Å²) in [5, 5.41) is 6.53. The van der Waals surface area contributed by atoms with E-state index in [1.54, 1.807) is 30.6 Å². The fraction of sp³-hybridized carbons (Fsp3) is 0.150. The zero-order valence-corrected chi connectivity index (χ0v) is 17.6. The molecule has 0 saturated heterocycles. The highest BCUT2D eigenvalue weighted by atomic mass is 32.2. The van der Waals surface area contributed by atoms with Crippen LogP contribution in [0.2, 0.25) is 0 Å². The van der Waals surface area contributed by atoms with E-state index in [0.29, 0.717) is 30.4 Å². The number of rotatable bonds is 8. The second-order valence-electron chi connectivity index (χ2n) is 6.90. The van der Waals surface area contributed by atoms with E-state index in [2.05, 4.69) is 25.3 Å². The summed E-state index contributed by atoms with van der Waals surface area (Å²) in [4.78, 5) is 13.3. The summed E-state index contributed by atoms with van der Waals surface area (Å²) >= 11 is 0. The van der Waals surface area contributed by atoms with Gasteiger partial charge in [0.25, 0.3) is 0 Å². The molecule has 160 valence electrons. The molecule has 1 aromatic carbocycles. The van der Waals surface area contributed by atoms with E-state index in [1.165, 1.54) is 0 Å². The zero-order valence-electron chi connectivity index (χ0n) is 16.8. The van der Waals surface area contributed by atoms with E-state index >= 15 is 0 Å². The Hall–Kier alpha value is -3.86. The predicted octanol–water partition coefficient (Wildman–Crippen LogP) is 2.27. The Kier molecular flexibility index (Phi) is 5.58. The van der Waals surface area contributed by atoms with Crippen molar-refractivity contribution in [1.29, 1.82) is 0 Å². The van der Waals surface area contributed by atoms with Gasteiger partial charge in [0.2, 0.25) is 16.0 Å². The molecule has 0 bridgehead atoms. The molecular formula is C20H22N8O2S. The van der Waals surface area contributed by atoms with Crippen molar-refractivity contribution in [3.8, 4) is 11.3 Å². The lowest BCUT2D eigenvalue weighted by Crippen LogP contribution is -2.17. The molecule has 0 amide bonds. The van der Waals surface area contributed by atoms with Crippen LogP contribution in [0.4, 0.5) is 23.1 Å². The van der Waals surface area contributed by atoms with Gasteiger partial charge in [-0.1, -0.05) is 12.1 Å². The van der Waals surface area contributed by atoms with Gasteiger partial charge in [0.05, 0.1) is 23.8 Å². The van der Waals surface area contributed by atoms with Gasteiger partial charge in [-0.25, -0.2) is 23.4 Å². The summed E-state index contributed by atoms with van der Waals surface area (Å²) < 4.78 is 27.1. The standard InChI is InChI=1S/C20H22N8O2S/c1-31(29,30)27-16-5-2-14(3-6-16)17-12-19-23-10-11-28(19)20(26-17)24-9-8-22-18-7-4-15(21)13-25-18/h2-7,10-13,27H,8-9,21H2,1H3,(H,22,25)(H,24,26). The van der Waals surface area contributed by atoms with Crippen molar-refractivity contribution < 1.29 is 8.42 Å². The van der Waals surface area contributed by atoms with Gasteiger partial charge in [0, 0.05) is 42.8 Å². The van der Waals surface area contributed by atoms with Gasteiger partial charge >= 0.3 is 0 Å². The van der Waals surface area contributed by atoms with E-state index in [-0.39, 0.29) is 0 Å². The van der Waals surface area contributed by atoms with Gasteiger partial charge in [-0.05, 0) is 24.3 Å². The predicted molar refractivity (Wildman–Crippen MR) is 123 cm³/mol. The van der Waals surface area contributed by atoms with Crippen LogP contribution in [0.1, 0.15) is 0 Å². The normalized spacial score (nSPS) is 11.4. The Morgan fingerprint density at radius 2 is 1.81 bits per heavy atom. The first kappa shape index (κ1) is 20.4. The van der Waals surface area contributed by atoms with Crippen molar-refractivity contribution in [3.05, 3.63) is 61.1 Å². The Bertz CT molecular complexity index is 1290. The molecule has 4 aromatic rings. The summed E-state index contributed by atoms with van der Waals surface area (Å²) in [6.07, 6.45) is 6.27. The van der Waals surface area contributed by atoms with Crippen LogP contribution in [-0.2, 0) is 10.0 Å². The van der Waals surface area contributed by atoms with Gasteiger partial charge in [-0.2, -0.15) is 0 Å². The van der Waals surface area contributed by atoms with Crippen molar-refractivity contribution in [1.82, 2.24) is 19.4 Å². The molecule has 0 fully saturated rings. The number of nitrogens with two attached hydrogens (primary N) is 1. The minimum absolute atomic E-state index is 0.494. The van der Waals surface area contributed by atoms with Crippen LogP contribution in [0.3, 0.4) is 0 Å². The number of hydrogen-bond acceptors (Lipinski definition) is 8. The van der Waals surface area contributed by atoms with Crippen LogP contribution in [0.5, 0.6) is 0 Å². The molecule has 0 saturated carbocycles. The van der Waals surface area contributed by atoms with Crippen LogP contribution < -0.4 is 21.1 Å². The Labute approximate surface area is 179 Å². The molecule has 31 heavy (non-hydrogen) atoms. The quantitative estimate of drug-likeness (QED) is 0.307. The van der Waals surface area contributed by atoms with Crippen molar-refractivity contribution in [2.45, 2.75) is 0 Å². The van der Waals surface area contributed by atoms with Crippen LogP contribution in [-0.4, -0.2) is 47.1 Å². The third-order valence-electron chi connectivity index (χ3n) is 4.37. The fourth-order valence-corrected chi connectivity index (χ4v) is 3.56. The van der Waals surface area contributed by atoms with Crippen molar-refractivity contribution in [2.24, 2.45) is 0 Å². The number of nitrogen functional groups attached to an aromatic ring is 1. The third-order valence-corrected chi connectivity index (χ3v) is 4.98. The highest BCUT2D eigenvalue weighted by Gasteiger charge is 2.09. The third kappa shape index (κ3) is 5.20. The van der Waals surface area contributed by atoms with Crippen molar-refractivity contribution in [3.63, 3.8) is 0 Å². The Morgan fingerprint density at radius 3 is 2.52 bits per heavy atom. The summed E-state index contributed by atoms with van der Waals surface area (Å²) in [6, 6.07) is 12.5. The number of sulfonamides is 1. The lowest BCUT2D eigenvalue weighted by molar-refractivity contribution is 0.607. The molecule has 5 N–H and O–H groups in total. The number of pyridine rings is 1. The molecular weight excluding hydrogens is 416 g/mol. The highest BCUT2D eigenvalue weighted by molar-refractivity contribution is 7.92. The molecule has 3 aromatic heterocycles. The maximum Gasteiger partial charge on any atom is 0.229 e. The number of nitrogens with one attached hydrogen (secondary N) is 3. The molecule has 0 radical (unpaired) electrons. The molecule has 0 aliphatic carbocycles. The average Bonchev–Trinajstić information content (AvgIpc) is 3.21. The van der Waals surface area contributed by atoms with Crippen molar-refractivity contribution >= 4 is 38.8 Å². The smallest absolute Gasteiger partial charge is 0.229 e. The van der Waals surface area contributed by atoms with Crippen LogP contribution in [0.25, 0.3) is 16.9 Å². The molecule has 0 atom stereocenters. The van der Waals surface area contributed by atoms with Crippen LogP contribution in [0.15, 0.2) is 61.1 Å². The minimum atomic E-state index is -3.32. The second kappa shape index (κ2) is 8.48.